The van der Waals surface area contributed by atoms with E-state index in [2.05, 4.69) is 21.2 Å². The number of nitrogens with two attached hydrogens (primary N) is 1. The first-order valence-electron chi connectivity index (χ1n) is 3.67. The molecule has 1 aromatic carbocycles. The highest BCUT2D eigenvalue weighted by molar-refractivity contribution is 9.10. The van der Waals surface area contributed by atoms with Crippen LogP contribution in [0.3, 0.4) is 0 Å². The first kappa shape index (κ1) is 10.9. The molecule has 0 aliphatic heterocycles. The molecule has 0 saturated carbocycles. The van der Waals surface area contributed by atoms with Crippen LogP contribution in [-0.4, -0.2) is 12.5 Å². The standard InChI is InChI=1S/C8H7BrF2N2O/c9-4-1-7(13-3-8(12)14)6(11)2-5(4)10/h1-2,13H,3H2,(H2,12,14). The zero-order valence-corrected chi connectivity index (χ0v) is 8.57. The van der Waals surface area contributed by atoms with Gasteiger partial charge in [0.1, 0.15) is 11.6 Å². The van der Waals surface area contributed by atoms with Crippen LogP contribution in [0, 0.1) is 11.6 Å². The molecule has 0 atom stereocenters. The second-order valence-electron chi connectivity index (χ2n) is 2.57. The fraction of sp³-hybridized carbons (Fsp3) is 0.125. The van der Waals surface area contributed by atoms with Gasteiger partial charge in [0.15, 0.2) is 0 Å². The van der Waals surface area contributed by atoms with Crippen LogP contribution in [0.4, 0.5) is 14.5 Å². The Morgan fingerprint density at radius 1 is 1.43 bits per heavy atom. The molecule has 0 aromatic heterocycles. The molecule has 6 heteroatoms. The van der Waals surface area contributed by atoms with Crippen LogP contribution in [-0.2, 0) is 4.79 Å². The third kappa shape index (κ3) is 2.66. The van der Waals surface area contributed by atoms with Gasteiger partial charge in [-0.3, -0.25) is 4.79 Å². The van der Waals surface area contributed by atoms with Crippen molar-refractivity contribution in [1.29, 1.82) is 0 Å². The zero-order valence-electron chi connectivity index (χ0n) is 6.98. The van der Waals surface area contributed by atoms with Crippen molar-refractivity contribution < 1.29 is 13.6 Å². The Morgan fingerprint density at radius 3 is 2.64 bits per heavy atom. The van der Waals surface area contributed by atoms with Crippen molar-refractivity contribution in [3.05, 3.63) is 28.2 Å². The maximum atomic E-state index is 13.0. The number of hydrogen-bond acceptors (Lipinski definition) is 2. The van der Waals surface area contributed by atoms with Gasteiger partial charge in [0.2, 0.25) is 5.91 Å². The first-order chi connectivity index (χ1) is 6.50. The SMILES string of the molecule is NC(=O)CNc1cc(Br)c(F)cc1F. The molecule has 0 fully saturated rings. The van der Waals surface area contributed by atoms with E-state index < -0.39 is 17.5 Å². The molecule has 3 nitrogen and oxygen atoms in total. The first-order valence-corrected chi connectivity index (χ1v) is 4.46. The second kappa shape index (κ2) is 4.36. The van der Waals surface area contributed by atoms with Crippen molar-refractivity contribution in [2.24, 2.45) is 5.73 Å². The van der Waals surface area contributed by atoms with Gasteiger partial charge >= 0.3 is 0 Å². The van der Waals surface area contributed by atoms with Crippen LogP contribution in [0.1, 0.15) is 0 Å². The summed E-state index contributed by atoms with van der Waals surface area (Å²) in [6.45, 7) is -0.199. The van der Waals surface area contributed by atoms with Gasteiger partial charge in [-0.05, 0) is 22.0 Å². The summed E-state index contributed by atoms with van der Waals surface area (Å²) in [5.41, 5.74) is 4.87. The Hall–Kier alpha value is -1.17. The molecular formula is C8H7BrF2N2O. The van der Waals surface area contributed by atoms with E-state index in [1.165, 1.54) is 6.07 Å². The third-order valence-electron chi connectivity index (χ3n) is 1.46. The van der Waals surface area contributed by atoms with E-state index in [1.54, 1.807) is 0 Å². The average Bonchev–Trinajstić information content (AvgIpc) is 2.09. The van der Waals surface area contributed by atoms with E-state index in [0.717, 1.165) is 0 Å². The Labute approximate surface area is 87.4 Å². The topological polar surface area (TPSA) is 55.1 Å². The zero-order chi connectivity index (χ0) is 10.7. The van der Waals surface area contributed by atoms with E-state index in [9.17, 15) is 13.6 Å². The number of primary amides is 1. The molecule has 0 saturated heterocycles. The summed E-state index contributed by atoms with van der Waals surface area (Å²) in [5, 5.41) is 2.43. The highest BCUT2D eigenvalue weighted by Gasteiger charge is 2.08. The van der Waals surface area contributed by atoms with Crippen LogP contribution >= 0.6 is 15.9 Å². The van der Waals surface area contributed by atoms with Gasteiger partial charge in [0.05, 0.1) is 16.7 Å². The lowest BCUT2D eigenvalue weighted by Crippen LogP contribution is -2.22. The number of anilines is 1. The van der Waals surface area contributed by atoms with Crippen LogP contribution in [0.2, 0.25) is 0 Å². The smallest absolute Gasteiger partial charge is 0.236 e. The highest BCUT2D eigenvalue weighted by atomic mass is 79.9. The van der Waals surface area contributed by atoms with Gasteiger partial charge in [-0.25, -0.2) is 8.78 Å². The van der Waals surface area contributed by atoms with Gasteiger partial charge in [0, 0.05) is 6.07 Å². The predicted molar refractivity (Wildman–Crippen MR) is 51.7 cm³/mol. The minimum absolute atomic E-state index is 0.0251. The Morgan fingerprint density at radius 2 is 2.07 bits per heavy atom. The number of amides is 1. The predicted octanol–water partition coefficient (Wildman–Crippen LogP) is 1.62. The van der Waals surface area contributed by atoms with Gasteiger partial charge in [-0.2, -0.15) is 0 Å². The van der Waals surface area contributed by atoms with E-state index >= 15 is 0 Å². The Bertz CT molecular complexity index is 371. The van der Waals surface area contributed by atoms with Crippen LogP contribution in [0.15, 0.2) is 16.6 Å². The van der Waals surface area contributed by atoms with Crippen molar-refractivity contribution in [3.63, 3.8) is 0 Å². The maximum Gasteiger partial charge on any atom is 0.236 e. The molecule has 0 bridgehead atoms. The summed E-state index contributed by atoms with van der Waals surface area (Å²) in [6, 6.07) is 1.92. The molecule has 76 valence electrons. The number of nitrogens with one attached hydrogen (secondary N) is 1. The minimum atomic E-state index is -0.771. The van der Waals surface area contributed by atoms with E-state index in [-0.39, 0.29) is 16.7 Å². The summed E-state index contributed by atoms with van der Waals surface area (Å²) < 4.78 is 25.9. The lowest BCUT2D eigenvalue weighted by molar-refractivity contribution is -0.116. The average molecular weight is 265 g/mol. The lowest BCUT2D eigenvalue weighted by atomic mass is 10.3. The summed E-state index contributed by atoms with van der Waals surface area (Å²) >= 11 is 2.89. The second-order valence-corrected chi connectivity index (χ2v) is 3.42. The van der Waals surface area contributed by atoms with Crippen LogP contribution < -0.4 is 11.1 Å². The fourth-order valence-corrected chi connectivity index (χ4v) is 1.18. The number of rotatable bonds is 3. The molecule has 3 N–H and O–H groups in total. The maximum absolute atomic E-state index is 13.0. The molecule has 1 rings (SSSR count). The van der Waals surface area contributed by atoms with Crippen molar-refractivity contribution in [3.8, 4) is 0 Å². The van der Waals surface area contributed by atoms with Crippen LogP contribution in [0.5, 0.6) is 0 Å². The monoisotopic (exact) mass is 264 g/mol. The molecule has 0 aliphatic rings. The fourth-order valence-electron chi connectivity index (χ4n) is 0.840. The summed E-state index contributed by atoms with van der Waals surface area (Å²) in [4.78, 5) is 10.4. The third-order valence-corrected chi connectivity index (χ3v) is 2.07. The minimum Gasteiger partial charge on any atom is -0.374 e. The lowest BCUT2D eigenvalue weighted by Gasteiger charge is -2.06. The van der Waals surface area contributed by atoms with E-state index in [0.29, 0.717) is 6.07 Å². The number of hydrogen-bond donors (Lipinski definition) is 2. The quantitative estimate of drug-likeness (QED) is 0.816. The molecule has 14 heavy (non-hydrogen) atoms. The normalized spacial score (nSPS) is 9.93. The molecule has 0 radical (unpaired) electrons. The summed E-state index contributed by atoms with van der Waals surface area (Å²) in [6.07, 6.45) is 0. The Balaban J connectivity index is 2.87. The molecule has 0 spiro atoms. The van der Waals surface area contributed by atoms with Crippen molar-refractivity contribution in [2.45, 2.75) is 0 Å². The summed E-state index contributed by atoms with van der Waals surface area (Å²) in [5.74, 6) is -2.09. The van der Waals surface area contributed by atoms with Crippen LogP contribution in [0.25, 0.3) is 0 Å². The van der Waals surface area contributed by atoms with Crippen molar-refractivity contribution >= 4 is 27.5 Å². The van der Waals surface area contributed by atoms with E-state index in [4.69, 9.17) is 5.73 Å². The Kier molecular flexibility index (Phi) is 3.40. The van der Waals surface area contributed by atoms with Gasteiger partial charge in [-0.1, -0.05) is 0 Å². The van der Waals surface area contributed by atoms with Gasteiger partial charge in [0.25, 0.3) is 0 Å². The number of halogens is 3. The van der Waals surface area contributed by atoms with Gasteiger partial charge < -0.3 is 11.1 Å². The van der Waals surface area contributed by atoms with E-state index in [1.807, 2.05) is 0 Å². The van der Waals surface area contributed by atoms with Crippen molar-refractivity contribution in [2.75, 3.05) is 11.9 Å². The molecular weight excluding hydrogens is 258 g/mol. The highest BCUT2D eigenvalue weighted by Crippen LogP contribution is 2.23. The number of benzene rings is 1. The van der Waals surface area contributed by atoms with Gasteiger partial charge in [-0.15, -0.1) is 0 Å². The molecule has 1 amide bonds. The largest absolute Gasteiger partial charge is 0.374 e. The molecule has 0 unspecified atom stereocenters. The van der Waals surface area contributed by atoms with Crippen molar-refractivity contribution in [1.82, 2.24) is 0 Å². The number of carbonyl (C=O) groups is 1. The number of carbonyl (C=O) groups excluding carboxylic acids is 1. The molecule has 0 aliphatic carbocycles. The molecule has 0 heterocycles. The summed E-state index contributed by atoms with van der Waals surface area (Å²) in [7, 11) is 0. The molecule has 1 aromatic rings.